The molecule has 0 aromatic carbocycles. The lowest BCUT2D eigenvalue weighted by atomic mass is 10.0. The Labute approximate surface area is 144 Å². The van der Waals surface area contributed by atoms with Crippen molar-refractivity contribution in [3.63, 3.8) is 0 Å². The van der Waals surface area contributed by atoms with Crippen LogP contribution in [0.2, 0.25) is 0 Å². The van der Waals surface area contributed by atoms with Gasteiger partial charge in [-0.15, -0.1) is 11.3 Å². The molecular weight excluding hydrogens is 326 g/mol. The van der Waals surface area contributed by atoms with Gasteiger partial charge in [0, 0.05) is 44.0 Å². The molecule has 1 N–H and O–H groups in total. The summed E-state index contributed by atoms with van der Waals surface area (Å²) in [7, 11) is 1.62. The molecule has 1 saturated carbocycles. The van der Waals surface area contributed by atoms with Gasteiger partial charge in [0.1, 0.15) is 0 Å². The van der Waals surface area contributed by atoms with Gasteiger partial charge in [-0.2, -0.15) is 0 Å². The summed E-state index contributed by atoms with van der Waals surface area (Å²) in [5.74, 6) is -0.0544. The van der Waals surface area contributed by atoms with Crippen molar-refractivity contribution in [3.8, 4) is 0 Å². The lowest BCUT2D eigenvalue weighted by molar-refractivity contribution is -0.136. The van der Waals surface area contributed by atoms with Gasteiger partial charge in [0.15, 0.2) is 0 Å². The Hall–Kier alpha value is -1.89. The van der Waals surface area contributed by atoms with Crippen LogP contribution in [0, 0.1) is 5.92 Å². The third-order valence-corrected chi connectivity index (χ3v) is 6.36. The highest BCUT2D eigenvalue weighted by Gasteiger charge is 2.43. The number of carbonyl (C=O) groups is 3. The van der Waals surface area contributed by atoms with Crippen molar-refractivity contribution in [3.05, 3.63) is 21.4 Å². The average Bonchev–Trinajstić information content (AvgIpc) is 3.22. The van der Waals surface area contributed by atoms with Crippen LogP contribution in [0.15, 0.2) is 6.07 Å². The van der Waals surface area contributed by atoms with Gasteiger partial charge in [0.25, 0.3) is 5.91 Å². The van der Waals surface area contributed by atoms with Crippen molar-refractivity contribution in [2.75, 3.05) is 20.1 Å². The lowest BCUT2D eigenvalue weighted by Gasteiger charge is -2.29. The largest absolute Gasteiger partial charge is 0.354 e. The SMILES string of the molecule is CNC(=O)c1cc2c(s1)CCN(C(=O)C1CC(=O)N(C3CC3)C1)C2. The van der Waals surface area contributed by atoms with Crippen LogP contribution in [0.1, 0.15) is 39.4 Å². The highest BCUT2D eigenvalue weighted by atomic mass is 32.1. The standard InChI is InChI=1S/C17H21N3O3S/c1-18-16(22)14-6-10-8-19(5-4-13(10)24-14)17(23)11-7-15(21)20(9-11)12-2-3-12/h6,11-12H,2-5,7-9H2,1H3,(H,18,22). The fourth-order valence-electron chi connectivity index (χ4n) is 3.65. The summed E-state index contributed by atoms with van der Waals surface area (Å²) in [5.41, 5.74) is 1.07. The Kier molecular flexibility index (Phi) is 3.83. The smallest absolute Gasteiger partial charge is 0.261 e. The van der Waals surface area contributed by atoms with Crippen LogP contribution < -0.4 is 5.32 Å². The first kappa shape index (κ1) is 15.6. The minimum Gasteiger partial charge on any atom is -0.354 e. The molecule has 0 bridgehead atoms. The summed E-state index contributed by atoms with van der Waals surface area (Å²) in [6.45, 7) is 1.81. The molecule has 2 aliphatic heterocycles. The van der Waals surface area contributed by atoms with E-state index in [9.17, 15) is 14.4 Å². The Morgan fingerprint density at radius 3 is 2.83 bits per heavy atom. The summed E-state index contributed by atoms with van der Waals surface area (Å²) >= 11 is 1.51. The van der Waals surface area contributed by atoms with Gasteiger partial charge in [-0.1, -0.05) is 0 Å². The lowest BCUT2D eigenvalue weighted by Crippen LogP contribution is -2.40. The van der Waals surface area contributed by atoms with E-state index in [4.69, 9.17) is 0 Å². The maximum absolute atomic E-state index is 12.8. The summed E-state index contributed by atoms with van der Waals surface area (Å²) in [6.07, 6.45) is 3.30. The molecular formula is C17H21N3O3S. The van der Waals surface area contributed by atoms with Gasteiger partial charge in [0.05, 0.1) is 10.8 Å². The Bertz CT molecular complexity index is 710. The molecule has 3 aliphatic rings. The molecule has 128 valence electrons. The fourth-order valence-corrected chi connectivity index (χ4v) is 4.76. The molecule has 3 heterocycles. The third kappa shape index (κ3) is 2.70. The maximum atomic E-state index is 12.8. The second-order valence-corrected chi connectivity index (χ2v) is 7.96. The second-order valence-electron chi connectivity index (χ2n) is 6.83. The van der Waals surface area contributed by atoms with Gasteiger partial charge in [-0.05, 0) is 30.9 Å². The number of likely N-dealkylation sites (tertiary alicyclic amines) is 1. The van der Waals surface area contributed by atoms with Gasteiger partial charge in [0.2, 0.25) is 11.8 Å². The van der Waals surface area contributed by atoms with Crippen molar-refractivity contribution in [1.29, 1.82) is 0 Å². The van der Waals surface area contributed by atoms with Crippen molar-refractivity contribution < 1.29 is 14.4 Å². The number of rotatable bonds is 3. The first-order valence-electron chi connectivity index (χ1n) is 8.48. The van der Waals surface area contributed by atoms with Gasteiger partial charge >= 0.3 is 0 Å². The number of fused-ring (bicyclic) bond motifs is 1. The third-order valence-electron chi connectivity index (χ3n) is 5.12. The van der Waals surface area contributed by atoms with E-state index in [-0.39, 0.29) is 23.6 Å². The summed E-state index contributed by atoms with van der Waals surface area (Å²) in [4.78, 5) is 42.3. The quantitative estimate of drug-likeness (QED) is 0.887. The molecule has 1 aliphatic carbocycles. The Balaban J connectivity index is 1.44. The molecule has 0 spiro atoms. The number of hydrogen-bond donors (Lipinski definition) is 1. The molecule has 1 saturated heterocycles. The monoisotopic (exact) mass is 347 g/mol. The predicted molar refractivity (Wildman–Crippen MR) is 89.7 cm³/mol. The zero-order chi connectivity index (χ0) is 16.8. The summed E-state index contributed by atoms with van der Waals surface area (Å²) < 4.78 is 0. The van der Waals surface area contributed by atoms with Crippen LogP contribution in [0.3, 0.4) is 0 Å². The number of thiophene rings is 1. The van der Waals surface area contributed by atoms with E-state index in [1.165, 1.54) is 16.2 Å². The molecule has 7 heteroatoms. The van der Waals surface area contributed by atoms with E-state index in [2.05, 4.69) is 5.32 Å². The van der Waals surface area contributed by atoms with E-state index in [0.29, 0.717) is 37.0 Å². The van der Waals surface area contributed by atoms with Gasteiger partial charge in [-0.25, -0.2) is 0 Å². The van der Waals surface area contributed by atoms with E-state index >= 15 is 0 Å². The number of carbonyl (C=O) groups excluding carboxylic acids is 3. The Morgan fingerprint density at radius 2 is 2.12 bits per heavy atom. The second kappa shape index (κ2) is 5.88. The number of nitrogens with zero attached hydrogens (tertiary/aromatic N) is 2. The highest BCUT2D eigenvalue weighted by molar-refractivity contribution is 7.14. The first-order chi connectivity index (χ1) is 11.6. The van der Waals surface area contributed by atoms with Crippen molar-refractivity contribution in [2.45, 2.75) is 38.3 Å². The summed E-state index contributed by atoms with van der Waals surface area (Å²) in [5, 5.41) is 2.64. The van der Waals surface area contributed by atoms with Crippen LogP contribution in [0.25, 0.3) is 0 Å². The minimum absolute atomic E-state index is 0.0752. The molecule has 2 fully saturated rings. The van der Waals surface area contributed by atoms with E-state index in [1.807, 2.05) is 15.9 Å². The van der Waals surface area contributed by atoms with Crippen molar-refractivity contribution in [1.82, 2.24) is 15.1 Å². The molecule has 1 aromatic rings. The molecule has 0 radical (unpaired) electrons. The maximum Gasteiger partial charge on any atom is 0.261 e. The number of hydrogen-bond acceptors (Lipinski definition) is 4. The van der Waals surface area contributed by atoms with Crippen LogP contribution in [-0.4, -0.2) is 53.7 Å². The highest BCUT2D eigenvalue weighted by Crippen LogP contribution is 2.34. The normalized spacial score (nSPS) is 23.4. The first-order valence-corrected chi connectivity index (χ1v) is 9.30. The van der Waals surface area contributed by atoms with Gasteiger partial charge in [-0.3, -0.25) is 14.4 Å². The van der Waals surface area contributed by atoms with E-state index < -0.39 is 0 Å². The van der Waals surface area contributed by atoms with Crippen LogP contribution in [0.4, 0.5) is 0 Å². The molecule has 1 atom stereocenters. The molecule has 3 amide bonds. The average molecular weight is 347 g/mol. The zero-order valence-electron chi connectivity index (χ0n) is 13.7. The minimum atomic E-state index is -0.198. The topological polar surface area (TPSA) is 69.7 Å². The molecule has 6 nitrogen and oxygen atoms in total. The fraction of sp³-hybridized carbons (Fsp3) is 0.588. The molecule has 1 unspecified atom stereocenters. The van der Waals surface area contributed by atoms with Crippen molar-refractivity contribution >= 4 is 29.1 Å². The number of nitrogens with one attached hydrogen (secondary N) is 1. The predicted octanol–water partition coefficient (Wildman–Crippen LogP) is 1.00. The zero-order valence-corrected chi connectivity index (χ0v) is 14.5. The van der Waals surface area contributed by atoms with Crippen LogP contribution >= 0.6 is 11.3 Å². The van der Waals surface area contributed by atoms with E-state index in [0.717, 1.165) is 24.8 Å². The van der Waals surface area contributed by atoms with Gasteiger partial charge < -0.3 is 15.1 Å². The summed E-state index contributed by atoms with van der Waals surface area (Å²) in [6, 6.07) is 2.28. The number of amides is 3. The van der Waals surface area contributed by atoms with Crippen LogP contribution in [0.5, 0.6) is 0 Å². The van der Waals surface area contributed by atoms with Crippen molar-refractivity contribution in [2.24, 2.45) is 5.92 Å². The molecule has 1 aromatic heterocycles. The molecule has 24 heavy (non-hydrogen) atoms. The van der Waals surface area contributed by atoms with E-state index in [1.54, 1.807) is 7.05 Å². The Morgan fingerprint density at radius 1 is 1.33 bits per heavy atom. The molecule has 4 rings (SSSR count). The van der Waals surface area contributed by atoms with Crippen LogP contribution in [-0.2, 0) is 22.6 Å².